The van der Waals surface area contributed by atoms with Gasteiger partial charge in [0.25, 0.3) is 0 Å². The average molecular weight is 541 g/mol. The Morgan fingerprint density at radius 3 is 2.38 bits per heavy atom. The number of rotatable bonds is 10. The Labute approximate surface area is 233 Å². The molecule has 0 saturated heterocycles. The molecule has 200 valence electrons. The van der Waals surface area contributed by atoms with E-state index in [1.54, 1.807) is 16.4 Å². The highest BCUT2D eigenvalue weighted by Gasteiger charge is 2.35. The van der Waals surface area contributed by atoms with E-state index in [1.165, 1.54) is 5.56 Å². The number of aryl methyl sites for hydroxylation is 1. The Morgan fingerprint density at radius 2 is 1.67 bits per heavy atom. The van der Waals surface area contributed by atoms with Crippen molar-refractivity contribution in [2.24, 2.45) is 0 Å². The highest BCUT2D eigenvalue weighted by molar-refractivity contribution is 7.99. The van der Waals surface area contributed by atoms with Crippen molar-refractivity contribution in [1.29, 1.82) is 0 Å². The van der Waals surface area contributed by atoms with E-state index < -0.39 is 12.0 Å². The lowest BCUT2D eigenvalue weighted by atomic mass is 9.95. The zero-order valence-electron chi connectivity index (χ0n) is 22.4. The molecule has 0 saturated carbocycles. The summed E-state index contributed by atoms with van der Waals surface area (Å²) < 4.78 is 13.6. The van der Waals surface area contributed by atoms with Gasteiger partial charge in [-0.05, 0) is 49.1 Å². The van der Waals surface area contributed by atoms with E-state index in [9.17, 15) is 4.79 Å². The minimum absolute atomic E-state index is 0.191. The van der Waals surface area contributed by atoms with Gasteiger partial charge in [-0.3, -0.25) is 0 Å². The fraction of sp³-hybridized carbons (Fsp3) is 0.258. The number of hydrogen-bond donors (Lipinski definition) is 1. The van der Waals surface area contributed by atoms with Crippen LogP contribution in [0.25, 0.3) is 0 Å². The van der Waals surface area contributed by atoms with Crippen LogP contribution in [0.2, 0.25) is 0 Å². The molecule has 1 aliphatic rings. The molecule has 0 radical (unpaired) electrons. The number of anilines is 1. The SMILES string of the molecule is CCCSc1nc2n(n1)C(c1ccc(OCc3ccc(C)cc3)cc1)C(C(=O)OCc1ccccc1)=C(C)N2. The molecule has 0 bridgehead atoms. The molecule has 3 aromatic carbocycles. The van der Waals surface area contributed by atoms with Crippen LogP contribution < -0.4 is 10.1 Å². The van der Waals surface area contributed by atoms with Crippen LogP contribution in [0.1, 0.15) is 48.6 Å². The Kier molecular flexibility index (Phi) is 8.32. The van der Waals surface area contributed by atoms with Crippen molar-refractivity contribution >= 4 is 23.7 Å². The molecule has 0 fully saturated rings. The third-order valence-electron chi connectivity index (χ3n) is 6.42. The summed E-state index contributed by atoms with van der Waals surface area (Å²) in [7, 11) is 0. The lowest BCUT2D eigenvalue weighted by Gasteiger charge is -2.28. The molecule has 1 aromatic heterocycles. The summed E-state index contributed by atoms with van der Waals surface area (Å²) in [5, 5.41) is 8.71. The standard InChI is InChI=1S/C31H32N4O3S/c1-4-18-39-31-33-30-32-22(3)27(29(36)38-20-23-8-6-5-7-9-23)28(35(30)34-31)25-14-16-26(17-15-25)37-19-24-12-10-21(2)11-13-24/h5-17,28H,4,18-20H2,1-3H3,(H,32,33,34). The first-order valence-electron chi connectivity index (χ1n) is 13.1. The van der Waals surface area contributed by atoms with Crippen LogP contribution in [0.3, 0.4) is 0 Å². The van der Waals surface area contributed by atoms with Crippen LogP contribution >= 0.6 is 11.8 Å². The summed E-state index contributed by atoms with van der Waals surface area (Å²) in [5.74, 6) is 1.88. The first-order chi connectivity index (χ1) is 19.0. The monoisotopic (exact) mass is 540 g/mol. The molecule has 1 atom stereocenters. The van der Waals surface area contributed by atoms with Gasteiger partial charge in [-0.25, -0.2) is 9.48 Å². The molecular weight excluding hydrogens is 508 g/mol. The van der Waals surface area contributed by atoms with Crippen LogP contribution in [-0.2, 0) is 22.7 Å². The van der Waals surface area contributed by atoms with Crippen molar-refractivity contribution in [1.82, 2.24) is 14.8 Å². The Balaban J connectivity index is 1.41. The largest absolute Gasteiger partial charge is 0.489 e. The van der Waals surface area contributed by atoms with Crippen LogP contribution in [0.15, 0.2) is 95.3 Å². The summed E-state index contributed by atoms with van der Waals surface area (Å²) in [6.07, 6.45) is 1.02. The second kappa shape index (κ2) is 12.2. The molecule has 0 amide bonds. The molecule has 1 unspecified atom stereocenters. The number of benzene rings is 3. The average Bonchev–Trinajstić information content (AvgIpc) is 3.37. The number of hydrogen-bond acceptors (Lipinski definition) is 7. The number of thioether (sulfide) groups is 1. The van der Waals surface area contributed by atoms with Crippen LogP contribution in [0.4, 0.5) is 5.95 Å². The minimum Gasteiger partial charge on any atom is -0.489 e. The van der Waals surface area contributed by atoms with Crippen molar-refractivity contribution in [3.05, 3.63) is 112 Å². The number of aromatic nitrogens is 3. The summed E-state index contributed by atoms with van der Waals surface area (Å²) in [4.78, 5) is 18.2. The second-order valence-corrected chi connectivity index (χ2v) is 10.5. The van der Waals surface area contributed by atoms with Gasteiger partial charge in [-0.15, -0.1) is 5.10 Å². The summed E-state index contributed by atoms with van der Waals surface area (Å²) in [5.41, 5.74) is 5.35. The maximum Gasteiger partial charge on any atom is 0.338 e. The Morgan fingerprint density at radius 1 is 0.949 bits per heavy atom. The fourth-order valence-corrected chi connectivity index (χ4v) is 5.04. The van der Waals surface area contributed by atoms with Gasteiger partial charge in [-0.2, -0.15) is 4.98 Å². The van der Waals surface area contributed by atoms with Gasteiger partial charge in [-0.1, -0.05) is 91.0 Å². The lowest BCUT2D eigenvalue weighted by Crippen LogP contribution is -2.29. The number of nitrogens with zero attached hydrogens (tertiary/aromatic N) is 3. The number of allylic oxidation sites excluding steroid dienone is 1. The number of fused-ring (bicyclic) bond motifs is 1. The normalized spacial score (nSPS) is 14.5. The molecule has 0 aliphatic carbocycles. The van der Waals surface area contributed by atoms with Gasteiger partial charge in [0.15, 0.2) is 0 Å². The Bertz CT molecular complexity index is 1450. The highest BCUT2D eigenvalue weighted by atomic mass is 32.2. The topological polar surface area (TPSA) is 78.3 Å². The van der Waals surface area contributed by atoms with Crippen molar-refractivity contribution < 1.29 is 14.3 Å². The molecule has 5 rings (SSSR count). The maximum atomic E-state index is 13.5. The van der Waals surface area contributed by atoms with Gasteiger partial charge in [0.05, 0.1) is 5.57 Å². The highest BCUT2D eigenvalue weighted by Crippen LogP contribution is 2.37. The van der Waals surface area contributed by atoms with Gasteiger partial charge >= 0.3 is 5.97 Å². The van der Waals surface area contributed by atoms with Crippen molar-refractivity contribution in [2.75, 3.05) is 11.1 Å². The number of carbonyl (C=O) groups is 1. The number of nitrogens with one attached hydrogen (secondary N) is 1. The lowest BCUT2D eigenvalue weighted by molar-refractivity contribution is -0.140. The summed E-state index contributed by atoms with van der Waals surface area (Å²) in [6.45, 7) is 6.74. The zero-order chi connectivity index (χ0) is 27.2. The molecule has 7 nitrogen and oxygen atoms in total. The fourth-order valence-electron chi connectivity index (χ4n) is 4.36. The minimum atomic E-state index is -0.487. The number of carbonyl (C=O) groups excluding carboxylic acids is 1. The molecule has 8 heteroatoms. The van der Waals surface area contributed by atoms with Crippen molar-refractivity contribution in [2.45, 2.75) is 51.6 Å². The van der Waals surface area contributed by atoms with Crippen molar-refractivity contribution in [3.8, 4) is 5.75 Å². The smallest absolute Gasteiger partial charge is 0.338 e. The van der Waals surface area contributed by atoms with Gasteiger partial charge < -0.3 is 14.8 Å². The van der Waals surface area contributed by atoms with Crippen molar-refractivity contribution in [3.63, 3.8) is 0 Å². The molecule has 39 heavy (non-hydrogen) atoms. The predicted octanol–water partition coefficient (Wildman–Crippen LogP) is 6.70. The third kappa shape index (κ3) is 6.34. The van der Waals surface area contributed by atoms with E-state index in [-0.39, 0.29) is 6.61 Å². The summed E-state index contributed by atoms with van der Waals surface area (Å²) >= 11 is 1.60. The van der Waals surface area contributed by atoms with E-state index in [0.717, 1.165) is 34.6 Å². The third-order valence-corrected chi connectivity index (χ3v) is 7.47. The van der Waals surface area contributed by atoms with E-state index in [2.05, 4.69) is 48.4 Å². The molecule has 1 N–H and O–H groups in total. The second-order valence-electron chi connectivity index (χ2n) is 9.48. The van der Waals surface area contributed by atoms with Crippen LogP contribution in [0, 0.1) is 6.92 Å². The predicted molar refractivity (Wildman–Crippen MR) is 154 cm³/mol. The van der Waals surface area contributed by atoms with E-state index >= 15 is 0 Å². The first-order valence-corrected chi connectivity index (χ1v) is 14.1. The quantitative estimate of drug-likeness (QED) is 0.177. The zero-order valence-corrected chi connectivity index (χ0v) is 23.2. The molecule has 4 aromatic rings. The van der Waals surface area contributed by atoms with E-state index in [1.807, 2.05) is 61.5 Å². The Hall–Kier alpha value is -4.04. The molecule has 0 spiro atoms. The van der Waals surface area contributed by atoms with Crippen LogP contribution in [0.5, 0.6) is 5.75 Å². The van der Waals surface area contributed by atoms with E-state index in [0.29, 0.717) is 29.0 Å². The summed E-state index contributed by atoms with van der Waals surface area (Å²) in [6, 6.07) is 25.3. The van der Waals surface area contributed by atoms with Gasteiger partial charge in [0, 0.05) is 11.4 Å². The van der Waals surface area contributed by atoms with E-state index in [4.69, 9.17) is 14.6 Å². The first kappa shape index (κ1) is 26.6. The number of esters is 1. The molecule has 2 heterocycles. The van der Waals surface area contributed by atoms with Gasteiger partial charge in [0.1, 0.15) is 25.0 Å². The number of ether oxygens (including phenoxy) is 2. The van der Waals surface area contributed by atoms with Crippen LogP contribution in [-0.4, -0.2) is 26.5 Å². The van der Waals surface area contributed by atoms with Gasteiger partial charge in [0.2, 0.25) is 11.1 Å². The molecule has 1 aliphatic heterocycles. The maximum absolute atomic E-state index is 13.5. The molecular formula is C31H32N4O3S.